The van der Waals surface area contributed by atoms with E-state index in [4.69, 9.17) is 0 Å². The molecule has 18 heavy (non-hydrogen) atoms. The summed E-state index contributed by atoms with van der Waals surface area (Å²) in [7, 11) is 0. The molecule has 0 fully saturated rings. The number of hydrogen-bond donors (Lipinski definition) is 2. The van der Waals surface area contributed by atoms with Crippen LogP contribution in [0.25, 0.3) is 22.4 Å². The maximum atomic E-state index is 13.1. The van der Waals surface area contributed by atoms with Crippen LogP contribution in [0.4, 0.5) is 4.39 Å². The lowest BCUT2D eigenvalue weighted by molar-refractivity contribution is 0.471. The van der Waals surface area contributed by atoms with E-state index in [1.165, 1.54) is 12.1 Å². The smallest absolute Gasteiger partial charge is 0.138 e. The highest BCUT2D eigenvalue weighted by Crippen LogP contribution is 2.27. The van der Waals surface area contributed by atoms with Crippen LogP contribution in [0.15, 0.2) is 36.4 Å². The lowest BCUT2D eigenvalue weighted by Gasteiger charge is -1.99. The summed E-state index contributed by atoms with van der Waals surface area (Å²) < 4.78 is 13.9. The third kappa shape index (κ3) is 1.94. The Balaban J connectivity index is 2.16. The molecule has 0 aliphatic rings. The first-order valence-electron chi connectivity index (χ1n) is 5.27. The largest absolute Gasteiger partial charge is 0.507 e. The van der Waals surface area contributed by atoms with E-state index in [2.05, 4.69) is 9.97 Å². The van der Waals surface area contributed by atoms with Crippen molar-refractivity contribution in [2.75, 3.05) is 0 Å². The summed E-state index contributed by atoms with van der Waals surface area (Å²) in [6, 6.07) is 9.69. The molecule has 3 aromatic rings. The van der Waals surface area contributed by atoms with Crippen molar-refractivity contribution in [3.05, 3.63) is 45.8 Å². The molecule has 2 N–H and O–H groups in total. The van der Waals surface area contributed by atoms with Gasteiger partial charge in [0.05, 0.1) is 14.6 Å². The van der Waals surface area contributed by atoms with Crippen LogP contribution >= 0.6 is 22.6 Å². The fourth-order valence-electron chi connectivity index (χ4n) is 1.78. The number of H-pyrrole nitrogens is 1. The topological polar surface area (TPSA) is 48.9 Å². The maximum absolute atomic E-state index is 13.1. The molecule has 3 nitrogen and oxygen atoms in total. The zero-order valence-electron chi connectivity index (χ0n) is 9.11. The Bertz CT molecular complexity index is 739. The highest BCUT2D eigenvalue weighted by molar-refractivity contribution is 14.1. The van der Waals surface area contributed by atoms with Crippen LogP contribution in [-0.4, -0.2) is 15.1 Å². The number of aromatic amines is 1. The normalized spacial score (nSPS) is 11.0. The monoisotopic (exact) mass is 354 g/mol. The van der Waals surface area contributed by atoms with Gasteiger partial charge < -0.3 is 10.1 Å². The zero-order chi connectivity index (χ0) is 12.7. The molecule has 0 amide bonds. The third-order valence-corrected chi connectivity index (χ3v) is 3.58. The quantitative estimate of drug-likeness (QED) is 0.655. The molecule has 0 aliphatic heterocycles. The van der Waals surface area contributed by atoms with Crippen LogP contribution in [-0.2, 0) is 0 Å². The number of halogens is 2. The van der Waals surface area contributed by atoms with Gasteiger partial charge in [-0.25, -0.2) is 9.37 Å². The third-order valence-electron chi connectivity index (χ3n) is 2.66. The molecule has 0 aliphatic carbocycles. The van der Waals surface area contributed by atoms with Gasteiger partial charge in [-0.1, -0.05) is 0 Å². The van der Waals surface area contributed by atoms with Gasteiger partial charge in [-0.2, -0.15) is 0 Å². The molecule has 2 aromatic carbocycles. The van der Waals surface area contributed by atoms with Crippen molar-refractivity contribution in [3.8, 4) is 17.1 Å². The van der Waals surface area contributed by atoms with E-state index in [9.17, 15) is 9.50 Å². The van der Waals surface area contributed by atoms with Gasteiger partial charge in [0.25, 0.3) is 0 Å². The number of aromatic hydroxyl groups is 1. The van der Waals surface area contributed by atoms with E-state index in [0.717, 1.165) is 9.13 Å². The van der Waals surface area contributed by atoms with Crippen molar-refractivity contribution < 1.29 is 9.50 Å². The molecule has 3 rings (SSSR count). The van der Waals surface area contributed by atoms with E-state index in [-0.39, 0.29) is 11.6 Å². The Hall–Kier alpha value is -1.63. The van der Waals surface area contributed by atoms with Gasteiger partial charge in [-0.05, 0) is 59.0 Å². The number of benzene rings is 2. The number of nitrogens with one attached hydrogen (secondary N) is 1. The second-order valence-electron chi connectivity index (χ2n) is 3.91. The Morgan fingerprint density at radius 2 is 2.00 bits per heavy atom. The minimum Gasteiger partial charge on any atom is -0.507 e. The number of rotatable bonds is 1. The number of phenolic OH excluding ortho intramolecular Hbond substituents is 1. The highest BCUT2D eigenvalue weighted by atomic mass is 127. The Labute approximate surface area is 116 Å². The first-order valence-corrected chi connectivity index (χ1v) is 6.35. The molecule has 0 saturated carbocycles. The number of phenols is 1. The minimum absolute atomic E-state index is 0.208. The average molecular weight is 354 g/mol. The first kappa shape index (κ1) is 11.5. The van der Waals surface area contributed by atoms with Crippen molar-refractivity contribution in [1.29, 1.82) is 0 Å². The van der Waals surface area contributed by atoms with E-state index < -0.39 is 0 Å². The van der Waals surface area contributed by atoms with E-state index in [0.29, 0.717) is 16.9 Å². The summed E-state index contributed by atoms with van der Waals surface area (Å²) in [6.07, 6.45) is 0. The summed E-state index contributed by atoms with van der Waals surface area (Å²) in [6.45, 7) is 0. The second-order valence-corrected chi connectivity index (χ2v) is 5.08. The van der Waals surface area contributed by atoms with Gasteiger partial charge in [0.2, 0.25) is 0 Å². The predicted molar refractivity (Wildman–Crippen MR) is 75.9 cm³/mol. The van der Waals surface area contributed by atoms with Crippen LogP contribution in [0.1, 0.15) is 0 Å². The van der Waals surface area contributed by atoms with Crippen molar-refractivity contribution >= 4 is 33.6 Å². The van der Waals surface area contributed by atoms with E-state index in [1.54, 1.807) is 18.2 Å². The fourth-order valence-corrected chi connectivity index (χ4v) is 2.11. The molecule has 0 unspecified atom stereocenters. The molecule has 1 aromatic heterocycles. The van der Waals surface area contributed by atoms with Crippen molar-refractivity contribution in [2.24, 2.45) is 0 Å². The van der Waals surface area contributed by atoms with Crippen LogP contribution in [0.5, 0.6) is 5.75 Å². The van der Waals surface area contributed by atoms with Crippen LogP contribution in [0, 0.1) is 9.39 Å². The Kier molecular flexibility index (Phi) is 2.70. The van der Waals surface area contributed by atoms with Crippen molar-refractivity contribution in [1.82, 2.24) is 9.97 Å². The lowest BCUT2D eigenvalue weighted by Crippen LogP contribution is -1.81. The van der Waals surface area contributed by atoms with E-state index in [1.807, 2.05) is 28.7 Å². The SMILES string of the molecule is Oc1cc(-c2nc3ccc(F)cc3[nH]2)ccc1I. The van der Waals surface area contributed by atoms with Gasteiger partial charge in [0, 0.05) is 5.56 Å². The van der Waals surface area contributed by atoms with Crippen molar-refractivity contribution in [3.63, 3.8) is 0 Å². The van der Waals surface area contributed by atoms with E-state index >= 15 is 0 Å². The minimum atomic E-state index is -0.303. The molecule has 90 valence electrons. The molecule has 0 bridgehead atoms. The fraction of sp³-hybridized carbons (Fsp3) is 0. The highest BCUT2D eigenvalue weighted by Gasteiger charge is 2.08. The maximum Gasteiger partial charge on any atom is 0.138 e. The Morgan fingerprint density at radius 1 is 1.17 bits per heavy atom. The molecule has 0 atom stereocenters. The van der Waals surface area contributed by atoms with Crippen molar-refractivity contribution in [2.45, 2.75) is 0 Å². The Morgan fingerprint density at radius 3 is 2.78 bits per heavy atom. The number of fused-ring (bicyclic) bond motifs is 1. The molecule has 0 radical (unpaired) electrons. The summed E-state index contributed by atoms with van der Waals surface area (Å²) in [5.41, 5.74) is 2.11. The van der Waals surface area contributed by atoms with Gasteiger partial charge in [-0.3, -0.25) is 0 Å². The van der Waals surface area contributed by atoms with Gasteiger partial charge in [0.15, 0.2) is 0 Å². The molecular weight excluding hydrogens is 346 g/mol. The summed E-state index contributed by atoms with van der Waals surface area (Å²) in [5.74, 6) is 0.519. The predicted octanol–water partition coefficient (Wildman–Crippen LogP) is 3.68. The number of hydrogen-bond acceptors (Lipinski definition) is 2. The molecule has 1 heterocycles. The van der Waals surface area contributed by atoms with Crippen LogP contribution < -0.4 is 0 Å². The number of imidazole rings is 1. The molecule has 0 spiro atoms. The molecule has 5 heteroatoms. The molecule has 0 saturated heterocycles. The second kappa shape index (κ2) is 4.24. The van der Waals surface area contributed by atoms with Crippen LogP contribution in [0.2, 0.25) is 0 Å². The van der Waals surface area contributed by atoms with Gasteiger partial charge in [-0.15, -0.1) is 0 Å². The summed E-state index contributed by atoms with van der Waals surface area (Å²) in [5, 5.41) is 9.67. The molecular formula is C13H8FIN2O. The number of aromatic nitrogens is 2. The average Bonchev–Trinajstić information content (AvgIpc) is 2.75. The summed E-state index contributed by atoms with van der Waals surface area (Å²) >= 11 is 2.05. The van der Waals surface area contributed by atoms with Gasteiger partial charge >= 0.3 is 0 Å². The standard InChI is InChI=1S/C13H8FIN2O/c14-8-2-4-10-11(6-8)17-13(16-10)7-1-3-9(15)12(18)5-7/h1-6,18H,(H,16,17). The first-order chi connectivity index (χ1) is 8.63. The van der Waals surface area contributed by atoms with Gasteiger partial charge in [0.1, 0.15) is 17.4 Å². The zero-order valence-corrected chi connectivity index (χ0v) is 11.3. The van der Waals surface area contributed by atoms with Crippen LogP contribution in [0.3, 0.4) is 0 Å². The number of nitrogens with zero attached hydrogens (tertiary/aromatic N) is 1. The summed E-state index contributed by atoms with van der Waals surface area (Å²) in [4.78, 5) is 7.39. The lowest BCUT2D eigenvalue weighted by atomic mass is 10.2.